The second-order valence-electron chi connectivity index (χ2n) is 7.01. The van der Waals surface area contributed by atoms with E-state index in [0.717, 1.165) is 13.0 Å². The van der Waals surface area contributed by atoms with Crippen LogP contribution in [0, 0.1) is 36.5 Å². The van der Waals surface area contributed by atoms with Crippen molar-refractivity contribution in [2.24, 2.45) is 4.99 Å². The Hall–Kier alpha value is 0.503. The van der Waals surface area contributed by atoms with E-state index >= 15 is 0 Å². The van der Waals surface area contributed by atoms with Gasteiger partial charge in [-0.05, 0) is 26.1 Å². The number of hydrogen-bond donors (Lipinski definition) is 2. The molecule has 0 rings (SSSR count). The molecule has 0 saturated carbocycles. The summed E-state index contributed by atoms with van der Waals surface area (Å²) in [6.07, 6.45) is 1.07. The van der Waals surface area contributed by atoms with Crippen molar-refractivity contribution in [3.63, 3.8) is 0 Å². The Bertz CT molecular complexity index is 384. The minimum absolute atomic E-state index is 0. The quantitative estimate of drug-likeness (QED) is 0.149. The van der Waals surface area contributed by atoms with Gasteiger partial charge in [-0.1, -0.05) is 45.9 Å². The predicted molar refractivity (Wildman–Crippen MR) is 119 cm³/mol. The maximum absolute atomic E-state index is 7.53. The molecule has 0 aliphatic heterocycles. The molecule has 5 nitrogen and oxygen atoms in total. The van der Waals surface area contributed by atoms with Crippen LogP contribution in [0.4, 0.5) is 0 Å². The van der Waals surface area contributed by atoms with Crippen LogP contribution in [0.1, 0.15) is 13.3 Å². The summed E-state index contributed by atoms with van der Waals surface area (Å²) in [6, 6.07) is 1.09. The van der Waals surface area contributed by atoms with Gasteiger partial charge in [-0.15, -0.1) is 0 Å². The van der Waals surface area contributed by atoms with Gasteiger partial charge in [0.1, 0.15) is 21.6 Å². The molecule has 0 saturated heterocycles. The van der Waals surface area contributed by atoms with Gasteiger partial charge in [-0.25, -0.2) is 0 Å². The van der Waals surface area contributed by atoms with Crippen LogP contribution < -0.4 is 4.65 Å². The molecule has 0 aliphatic rings. The van der Waals surface area contributed by atoms with Gasteiger partial charge < -0.3 is 14.1 Å². The molecule has 0 bridgehead atoms. The molecule has 0 fully saturated rings. The van der Waals surface area contributed by atoms with Crippen molar-refractivity contribution < 1.29 is 40.6 Å². The van der Waals surface area contributed by atoms with E-state index in [0.29, 0.717) is 18.8 Å². The fourth-order valence-electron chi connectivity index (χ4n) is 1.68. The fourth-order valence-corrected chi connectivity index (χ4v) is 6.87. The monoisotopic (exact) mass is 639 g/mol. The van der Waals surface area contributed by atoms with Crippen molar-refractivity contribution in [2.75, 3.05) is 19.8 Å². The fraction of sp³-hybridized carbons (Fsp3) is 0.765. The van der Waals surface area contributed by atoms with E-state index in [9.17, 15) is 0 Å². The molecule has 0 aromatic carbocycles. The first-order chi connectivity index (χ1) is 11.6. The van der Waals surface area contributed by atoms with Crippen LogP contribution in [-0.4, -0.2) is 65.2 Å². The standard InChI is InChI=1S/C14H30N3O2Si2.C3H9Si.U/c1-12(2)14(15)19-11-13(16-3)10-18-8-7-9-21(6)17-20(4)5;1-4(2)3;/h13,15,17,20H,1,3,7-11H2,2,4-6H3;1-3H3;. The van der Waals surface area contributed by atoms with Crippen LogP contribution in [-0.2, 0) is 9.47 Å². The number of nitrogens with one attached hydrogen (secondary N) is 2. The van der Waals surface area contributed by atoms with Gasteiger partial charge in [0.2, 0.25) is 5.90 Å². The molecule has 0 heterocycles. The van der Waals surface area contributed by atoms with E-state index in [2.05, 4.69) is 62.2 Å². The summed E-state index contributed by atoms with van der Waals surface area (Å²) in [7, 11) is -0.921. The van der Waals surface area contributed by atoms with Gasteiger partial charge in [-0.2, -0.15) is 0 Å². The molecule has 2 N–H and O–H groups in total. The summed E-state index contributed by atoms with van der Waals surface area (Å²) < 4.78 is 14.6. The second-order valence-corrected chi connectivity index (χ2v) is 15.5. The third-order valence-electron chi connectivity index (χ3n) is 2.75. The molecule has 2 radical (unpaired) electrons. The minimum Gasteiger partial charge on any atom is -0.476 e. The Balaban J connectivity index is -0.000000951. The maximum Gasteiger partial charge on any atom is 0.208 e. The van der Waals surface area contributed by atoms with E-state index in [1.807, 2.05) is 0 Å². The van der Waals surface area contributed by atoms with Crippen LogP contribution in [0.5, 0.6) is 0 Å². The largest absolute Gasteiger partial charge is 0.476 e. The first-order valence-corrected chi connectivity index (χ1v) is 17.0. The number of ether oxygens (including phenoxy) is 2. The van der Waals surface area contributed by atoms with Gasteiger partial charge in [0, 0.05) is 52.1 Å². The summed E-state index contributed by atoms with van der Waals surface area (Å²) in [5.74, 6) is 0.103. The van der Waals surface area contributed by atoms with E-state index in [1.165, 1.54) is 6.04 Å². The average Bonchev–Trinajstić information content (AvgIpc) is 2.48. The van der Waals surface area contributed by atoms with Gasteiger partial charge in [-0.3, -0.25) is 10.4 Å². The zero-order valence-corrected chi connectivity index (χ0v) is 25.2. The Labute approximate surface area is 190 Å². The Kier molecular flexibility index (Phi) is 24.3. The SMILES string of the molecule is C=NC(COCCC[Si](C)N[SiH](C)C)COC(=N)C(=C)C.C[Si](C)C.[U]. The van der Waals surface area contributed by atoms with Gasteiger partial charge in [0.15, 0.2) is 0 Å². The third kappa shape index (κ3) is 24.5. The number of hydrogen-bond acceptors (Lipinski definition) is 5. The minimum atomic E-state index is -0.649. The number of rotatable bonds is 12. The second kappa shape index (κ2) is 20.2. The van der Waals surface area contributed by atoms with Crippen molar-refractivity contribution in [1.29, 1.82) is 5.41 Å². The van der Waals surface area contributed by atoms with Crippen LogP contribution >= 0.6 is 0 Å². The molecule has 0 aromatic rings. The molecule has 9 heteroatoms. The van der Waals surface area contributed by atoms with Crippen LogP contribution in [0.3, 0.4) is 0 Å². The molecule has 0 aliphatic carbocycles. The molecule has 0 spiro atoms. The van der Waals surface area contributed by atoms with Crippen molar-refractivity contribution in [3.8, 4) is 0 Å². The molecule has 26 heavy (non-hydrogen) atoms. The smallest absolute Gasteiger partial charge is 0.208 e. The number of aliphatic imine (C=N–C) groups is 1. The van der Waals surface area contributed by atoms with Crippen LogP contribution in [0.15, 0.2) is 17.1 Å². The van der Waals surface area contributed by atoms with E-state index in [1.54, 1.807) is 6.92 Å². The molecule has 1 unspecified atom stereocenters. The van der Waals surface area contributed by atoms with E-state index < -0.39 is 17.9 Å². The molecule has 0 aromatic heterocycles. The molecule has 150 valence electrons. The number of nitrogens with zero attached hydrogens (tertiary/aromatic N) is 1. The summed E-state index contributed by atoms with van der Waals surface area (Å²) in [5.41, 5.74) is 0.609. The van der Waals surface area contributed by atoms with Gasteiger partial charge in [0.25, 0.3) is 0 Å². The first-order valence-electron chi connectivity index (χ1n) is 8.86. The molecule has 1 atom stereocenters. The van der Waals surface area contributed by atoms with Crippen molar-refractivity contribution in [3.05, 3.63) is 12.2 Å². The molecular formula is C17H39N3O2Si3U. The van der Waals surface area contributed by atoms with Gasteiger partial charge >= 0.3 is 0 Å². The maximum atomic E-state index is 7.53. The van der Waals surface area contributed by atoms with E-state index in [-0.39, 0.29) is 51.8 Å². The first kappa shape index (κ1) is 31.2. The predicted octanol–water partition coefficient (Wildman–Crippen LogP) is 3.60. The Morgan fingerprint density at radius 2 is 1.77 bits per heavy atom. The zero-order valence-electron chi connectivity index (χ0n) is 17.9. The Morgan fingerprint density at radius 1 is 1.23 bits per heavy atom. The van der Waals surface area contributed by atoms with Crippen molar-refractivity contribution >= 4 is 39.3 Å². The summed E-state index contributed by atoms with van der Waals surface area (Å²) in [4.78, 5) is 3.96. The summed E-state index contributed by atoms with van der Waals surface area (Å²) in [5, 5.41) is 7.53. The van der Waals surface area contributed by atoms with Crippen molar-refractivity contribution in [2.45, 2.75) is 64.7 Å². The zero-order chi connectivity index (χ0) is 19.8. The van der Waals surface area contributed by atoms with E-state index in [4.69, 9.17) is 14.9 Å². The summed E-state index contributed by atoms with van der Waals surface area (Å²) in [6.45, 7) is 24.2. The topological polar surface area (TPSA) is 66.7 Å². The Morgan fingerprint density at radius 3 is 2.19 bits per heavy atom. The normalized spacial score (nSPS) is 11.5. The van der Waals surface area contributed by atoms with Gasteiger partial charge in [0.05, 0.1) is 15.6 Å². The molecule has 0 amide bonds. The van der Waals surface area contributed by atoms with Crippen molar-refractivity contribution in [1.82, 2.24) is 4.65 Å². The summed E-state index contributed by atoms with van der Waals surface area (Å²) >= 11 is 0. The average molecular weight is 640 g/mol. The molecular weight excluding hydrogens is 600 g/mol. The third-order valence-corrected chi connectivity index (χ3v) is 8.14. The van der Waals surface area contributed by atoms with Crippen LogP contribution in [0.2, 0.25) is 45.3 Å². The van der Waals surface area contributed by atoms with Crippen LogP contribution in [0.25, 0.3) is 0 Å².